The van der Waals surface area contributed by atoms with E-state index >= 15 is 0 Å². The van der Waals surface area contributed by atoms with Crippen molar-refractivity contribution in [3.05, 3.63) is 101 Å². The highest BCUT2D eigenvalue weighted by atomic mass is 32.2. The van der Waals surface area contributed by atoms with Gasteiger partial charge in [0.05, 0.1) is 11.9 Å². The number of aryl methyl sites for hydroxylation is 2. The number of benzene rings is 3. The van der Waals surface area contributed by atoms with Gasteiger partial charge >= 0.3 is 0 Å². The van der Waals surface area contributed by atoms with E-state index in [1.165, 1.54) is 4.90 Å². The number of nitrogens with zero attached hydrogens (tertiary/aromatic N) is 2. The van der Waals surface area contributed by atoms with Crippen LogP contribution in [0.1, 0.15) is 48.9 Å². The summed E-state index contributed by atoms with van der Waals surface area (Å²) in [6.45, 7) is 6.30. The number of unbranched alkanes of at least 4 members (excludes halogenated alkanes) is 1. The van der Waals surface area contributed by atoms with Gasteiger partial charge in [0.1, 0.15) is 12.6 Å². The predicted molar refractivity (Wildman–Crippen MR) is 162 cm³/mol. The molecule has 3 rings (SSSR count). The van der Waals surface area contributed by atoms with Crippen molar-refractivity contribution in [3.63, 3.8) is 0 Å². The second-order valence-electron chi connectivity index (χ2n) is 10.1. The van der Waals surface area contributed by atoms with Gasteiger partial charge in [0, 0.05) is 19.5 Å². The molecular formula is C32H41N3O4S. The zero-order chi connectivity index (χ0) is 29.1. The van der Waals surface area contributed by atoms with E-state index in [4.69, 9.17) is 0 Å². The van der Waals surface area contributed by atoms with Crippen molar-refractivity contribution < 1.29 is 18.0 Å². The molecule has 0 aliphatic carbocycles. The summed E-state index contributed by atoms with van der Waals surface area (Å²) in [5, 5.41) is 3.00. The molecule has 8 heteroatoms. The maximum atomic E-state index is 14.1. The zero-order valence-electron chi connectivity index (χ0n) is 24.0. The lowest BCUT2D eigenvalue weighted by molar-refractivity contribution is -0.140. The summed E-state index contributed by atoms with van der Waals surface area (Å²) in [6, 6.07) is 23.6. The van der Waals surface area contributed by atoms with Crippen molar-refractivity contribution in [3.8, 4) is 0 Å². The molecule has 0 aliphatic rings. The number of sulfonamides is 1. The molecule has 0 saturated heterocycles. The Kier molecular flexibility index (Phi) is 11.3. The quantitative estimate of drug-likeness (QED) is 0.283. The van der Waals surface area contributed by atoms with Crippen molar-refractivity contribution in [2.75, 3.05) is 23.7 Å². The molecule has 3 aromatic rings. The van der Waals surface area contributed by atoms with E-state index in [-0.39, 0.29) is 12.5 Å². The van der Waals surface area contributed by atoms with Crippen LogP contribution < -0.4 is 9.62 Å². The second-order valence-corrected chi connectivity index (χ2v) is 12.0. The summed E-state index contributed by atoms with van der Waals surface area (Å²) in [4.78, 5) is 29.3. The predicted octanol–water partition coefficient (Wildman–Crippen LogP) is 4.88. The SMILES string of the molecule is CCCCNC(=O)[C@@H](Cc1ccccc1)N(Cc1ccccc1C)C(=O)CN(c1ccc(CC)cc1)S(C)(=O)=O. The highest BCUT2D eigenvalue weighted by molar-refractivity contribution is 7.92. The molecule has 0 radical (unpaired) electrons. The third-order valence-electron chi connectivity index (χ3n) is 7.01. The van der Waals surface area contributed by atoms with E-state index in [1.807, 2.05) is 80.6 Å². The van der Waals surface area contributed by atoms with E-state index in [1.54, 1.807) is 12.1 Å². The van der Waals surface area contributed by atoms with Gasteiger partial charge < -0.3 is 10.2 Å². The first-order valence-corrected chi connectivity index (χ1v) is 15.7. The van der Waals surface area contributed by atoms with Crippen LogP contribution in [-0.2, 0) is 39.0 Å². The third kappa shape index (κ3) is 8.68. The molecule has 0 heterocycles. The van der Waals surface area contributed by atoms with Crippen LogP contribution in [0.5, 0.6) is 0 Å². The van der Waals surface area contributed by atoms with Gasteiger partial charge in [-0.2, -0.15) is 0 Å². The average Bonchev–Trinajstić information content (AvgIpc) is 2.94. The molecule has 0 aliphatic heterocycles. The van der Waals surface area contributed by atoms with Crippen LogP contribution in [0, 0.1) is 6.92 Å². The number of anilines is 1. The summed E-state index contributed by atoms with van der Waals surface area (Å²) < 4.78 is 26.9. The van der Waals surface area contributed by atoms with E-state index in [0.29, 0.717) is 18.7 Å². The fraction of sp³-hybridized carbons (Fsp3) is 0.375. The van der Waals surface area contributed by atoms with Gasteiger partial charge in [-0.3, -0.25) is 13.9 Å². The topological polar surface area (TPSA) is 86.8 Å². The lowest BCUT2D eigenvalue weighted by Crippen LogP contribution is -2.53. The lowest BCUT2D eigenvalue weighted by atomic mass is 10.0. The van der Waals surface area contributed by atoms with Gasteiger partial charge in [-0.05, 0) is 54.2 Å². The smallest absolute Gasteiger partial charge is 0.244 e. The minimum atomic E-state index is -3.78. The van der Waals surface area contributed by atoms with Crippen LogP contribution in [0.2, 0.25) is 0 Å². The molecule has 0 spiro atoms. The Bertz CT molecular complexity index is 1360. The van der Waals surface area contributed by atoms with Crippen molar-refractivity contribution in [1.82, 2.24) is 10.2 Å². The number of carbonyl (C=O) groups excluding carboxylic acids is 2. The first-order valence-electron chi connectivity index (χ1n) is 13.9. The Hall–Kier alpha value is -3.65. The number of amides is 2. The minimum Gasteiger partial charge on any atom is -0.354 e. The maximum Gasteiger partial charge on any atom is 0.244 e. The number of carbonyl (C=O) groups is 2. The second kappa shape index (κ2) is 14.7. The van der Waals surface area contributed by atoms with Gasteiger partial charge in [0.25, 0.3) is 0 Å². The minimum absolute atomic E-state index is 0.177. The van der Waals surface area contributed by atoms with Crippen LogP contribution in [0.3, 0.4) is 0 Å². The molecule has 2 amide bonds. The van der Waals surface area contributed by atoms with Gasteiger partial charge in [-0.25, -0.2) is 8.42 Å². The molecule has 3 aromatic carbocycles. The summed E-state index contributed by atoms with van der Waals surface area (Å²) in [7, 11) is -3.78. The van der Waals surface area contributed by atoms with E-state index in [0.717, 1.165) is 52.1 Å². The number of hydrogen-bond donors (Lipinski definition) is 1. The zero-order valence-corrected chi connectivity index (χ0v) is 24.8. The first kappa shape index (κ1) is 30.9. The molecule has 0 fully saturated rings. The van der Waals surface area contributed by atoms with Gasteiger partial charge in [0.2, 0.25) is 21.8 Å². The Morgan fingerprint density at radius 3 is 2.12 bits per heavy atom. The van der Waals surface area contributed by atoms with Crippen LogP contribution in [-0.4, -0.2) is 50.5 Å². The molecule has 40 heavy (non-hydrogen) atoms. The normalized spacial score (nSPS) is 12.0. The fourth-order valence-electron chi connectivity index (χ4n) is 4.54. The van der Waals surface area contributed by atoms with Crippen molar-refractivity contribution in [2.45, 2.75) is 59.0 Å². The summed E-state index contributed by atoms with van der Waals surface area (Å²) >= 11 is 0. The molecule has 1 N–H and O–H groups in total. The summed E-state index contributed by atoms with van der Waals surface area (Å²) in [5.74, 6) is -0.697. The summed E-state index contributed by atoms with van der Waals surface area (Å²) in [6.07, 6.45) is 3.97. The molecule has 7 nitrogen and oxygen atoms in total. The van der Waals surface area contributed by atoms with E-state index < -0.39 is 28.5 Å². The molecule has 1 atom stereocenters. The third-order valence-corrected chi connectivity index (χ3v) is 8.15. The van der Waals surface area contributed by atoms with Gasteiger partial charge in [-0.1, -0.05) is 87.0 Å². The Morgan fingerprint density at radius 2 is 1.52 bits per heavy atom. The van der Waals surface area contributed by atoms with Crippen LogP contribution in [0.15, 0.2) is 78.9 Å². The Labute approximate surface area is 239 Å². The molecule has 0 aromatic heterocycles. The fourth-order valence-corrected chi connectivity index (χ4v) is 5.39. The molecule has 214 valence electrons. The first-order chi connectivity index (χ1) is 19.1. The molecule has 0 bridgehead atoms. The molecular weight excluding hydrogens is 522 g/mol. The van der Waals surface area contributed by atoms with Crippen LogP contribution >= 0.6 is 0 Å². The lowest BCUT2D eigenvalue weighted by Gasteiger charge is -2.34. The highest BCUT2D eigenvalue weighted by Gasteiger charge is 2.33. The van der Waals surface area contributed by atoms with Crippen LogP contribution in [0.25, 0.3) is 0 Å². The van der Waals surface area contributed by atoms with Crippen molar-refractivity contribution >= 4 is 27.5 Å². The number of hydrogen-bond acceptors (Lipinski definition) is 4. The van der Waals surface area contributed by atoms with Crippen LogP contribution in [0.4, 0.5) is 5.69 Å². The Morgan fingerprint density at radius 1 is 0.875 bits per heavy atom. The van der Waals surface area contributed by atoms with Gasteiger partial charge in [-0.15, -0.1) is 0 Å². The largest absolute Gasteiger partial charge is 0.354 e. The molecule has 0 unspecified atom stereocenters. The highest BCUT2D eigenvalue weighted by Crippen LogP contribution is 2.22. The van der Waals surface area contributed by atoms with E-state index in [9.17, 15) is 18.0 Å². The standard InChI is InChI=1S/C32H41N3O4S/c1-5-7-21-33-32(37)30(22-27-14-9-8-10-15-27)34(23-28-16-12-11-13-25(28)3)31(36)24-35(40(4,38)39)29-19-17-26(6-2)18-20-29/h8-20,30H,5-7,21-24H2,1-4H3,(H,33,37)/t30-/m1/s1. The van der Waals surface area contributed by atoms with Crippen molar-refractivity contribution in [2.24, 2.45) is 0 Å². The molecule has 0 saturated carbocycles. The average molecular weight is 564 g/mol. The summed E-state index contributed by atoms with van der Waals surface area (Å²) in [5.41, 5.74) is 4.27. The monoisotopic (exact) mass is 563 g/mol. The number of rotatable bonds is 14. The van der Waals surface area contributed by atoms with Gasteiger partial charge in [0.15, 0.2) is 0 Å². The number of nitrogens with one attached hydrogen (secondary N) is 1. The Balaban J connectivity index is 2.03. The van der Waals surface area contributed by atoms with Crippen molar-refractivity contribution in [1.29, 1.82) is 0 Å². The maximum absolute atomic E-state index is 14.1. The van der Waals surface area contributed by atoms with E-state index in [2.05, 4.69) is 12.2 Å².